The average molecular weight is 284 g/mol. The summed E-state index contributed by atoms with van der Waals surface area (Å²) in [7, 11) is 0. The van der Waals surface area contributed by atoms with E-state index in [9.17, 15) is 18.0 Å². The van der Waals surface area contributed by atoms with Gasteiger partial charge in [-0.25, -0.2) is 0 Å². The van der Waals surface area contributed by atoms with Crippen LogP contribution in [0, 0.1) is 0 Å². The van der Waals surface area contributed by atoms with Crippen LogP contribution in [0.25, 0.3) is 0 Å². The third-order valence-electron chi connectivity index (χ3n) is 4.50. The van der Waals surface area contributed by atoms with Crippen LogP contribution in [-0.2, 0) is 10.2 Å². The van der Waals surface area contributed by atoms with Gasteiger partial charge in [0.25, 0.3) is 0 Å². The summed E-state index contributed by atoms with van der Waals surface area (Å²) < 4.78 is 41.5. The highest BCUT2D eigenvalue weighted by molar-refractivity contribution is 5.82. The Morgan fingerprint density at radius 1 is 1.35 bits per heavy atom. The van der Waals surface area contributed by atoms with Crippen molar-refractivity contribution in [2.45, 2.75) is 43.3 Å². The summed E-state index contributed by atoms with van der Waals surface area (Å²) in [5.41, 5.74) is -1.99. The van der Waals surface area contributed by atoms with Crippen molar-refractivity contribution >= 4 is 5.91 Å². The molecular formula is C14H15F3N2O. The van der Waals surface area contributed by atoms with Crippen LogP contribution in [0.1, 0.15) is 31.2 Å². The molecule has 20 heavy (non-hydrogen) atoms. The van der Waals surface area contributed by atoms with Crippen LogP contribution in [0.3, 0.4) is 0 Å². The van der Waals surface area contributed by atoms with E-state index in [1.807, 2.05) is 0 Å². The second kappa shape index (κ2) is 4.46. The van der Waals surface area contributed by atoms with Gasteiger partial charge in [0.2, 0.25) is 5.91 Å². The molecule has 3 nitrogen and oxygen atoms in total. The van der Waals surface area contributed by atoms with E-state index in [-0.39, 0.29) is 5.56 Å². The molecule has 2 aliphatic heterocycles. The average Bonchev–Trinajstić information content (AvgIpc) is 2.75. The van der Waals surface area contributed by atoms with Crippen molar-refractivity contribution in [3.63, 3.8) is 0 Å². The molecule has 3 rings (SSSR count). The number of piperidine rings is 1. The number of amides is 1. The molecular weight excluding hydrogens is 269 g/mol. The first kappa shape index (κ1) is 13.4. The van der Waals surface area contributed by atoms with Crippen LogP contribution in [0.4, 0.5) is 13.2 Å². The first-order valence-electron chi connectivity index (χ1n) is 6.73. The van der Waals surface area contributed by atoms with E-state index in [2.05, 4.69) is 4.98 Å². The van der Waals surface area contributed by atoms with Crippen molar-refractivity contribution in [2.24, 2.45) is 0 Å². The quantitative estimate of drug-likeness (QED) is 0.794. The minimum Gasteiger partial charge on any atom is -0.338 e. The highest BCUT2D eigenvalue weighted by atomic mass is 19.4. The summed E-state index contributed by atoms with van der Waals surface area (Å²) in [4.78, 5) is 17.3. The molecule has 108 valence electrons. The van der Waals surface area contributed by atoms with Gasteiger partial charge >= 0.3 is 6.18 Å². The smallest absolute Gasteiger partial charge is 0.338 e. The molecule has 0 aliphatic carbocycles. The maximum atomic E-state index is 13.8. The third-order valence-corrected chi connectivity index (χ3v) is 4.50. The molecule has 0 bridgehead atoms. The van der Waals surface area contributed by atoms with Crippen molar-refractivity contribution < 1.29 is 18.0 Å². The second-order valence-corrected chi connectivity index (χ2v) is 5.49. The molecule has 2 atom stereocenters. The van der Waals surface area contributed by atoms with Gasteiger partial charge < -0.3 is 4.90 Å². The standard InChI is InChI=1S/C14H15F3N2O/c15-14(16,17)13(10-4-3-6-18-9-10)8-12(20)19-7-2-1-5-11(13)19/h3-4,6,9,11H,1-2,5,7-8H2. The molecule has 2 fully saturated rings. The van der Waals surface area contributed by atoms with Crippen molar-refractivity contribution in [1.82, 2.24) is 9.88 Å². The number of carbonyl (C=O) groups excluding carboxylic acids is 1. The maximum Gasteiger partial charge on any atom is 0.400 e. The van der Waals surface area contributed by atoms with Crippen molar-refractivity contribution in [1.29, 1.82) is 0 Å². The number of hydrogen-bond acceptors (Lipinski definition) is 2. The molecule has 1 aromatic heterocycles. The van der Waals surface area contributed by atoms with E-state index in [1.54, 1.807) is 0 Å². The van der Waals surface area contributed by atoms with Crippen molar-refractivity contribution in [3.8, 4) is 0 Å². The van der Waals surface area contributed by atoms with Gasteiger partial charge in [0.15, 0.2) is 0 Å². The van der Waals surface area contributed by atoms with E-state index in [0.29, 0.717) is 13.0 Å². The number of carbonyl (C=O) groups is 1. The predicted octanol–water partition coefficient (Wildman–Crippen LogP) is 2.67. The van der Waals surface area contributed by atoms with Gasteiger partial charge in [0.05, 0.1) is 6.04 Å². The van der Waals surface area contributed by atoms with Crippen molar-refractivity contribution in [2.75, 3.05) is 6.54 Å². The Balaban J connectivity index is 2.15. The van der Waals surface area contributed by atoms with Gasteiger partial charge in [-0.15, -0.1) is 0 Å². The van der Waals surface area contributed by atoms with Crippen LogP contribution in [0.2, 0.25) is 0 Å². The largest absolute Gasteiger partial charge is 0.400 e. The lowest BCUT2D eigenvalue weighted by Crippen LogP contribution is -2.53. The molecule has 0 radical (unpaired) electrons. The van der Waals surface area contributed by atoms with E-state index in [0.717, 1.165) is 12.8 Å². The Morgan fingerprint density at radius 3 is 2.80 bits per heavy atom. The summed E-state index contributed by atoms with van der Waals surface area (Å²) in [5, 5.41) is 0. The molecule has 1 amide bonds. The maximum absolute atomic E-state index is 13.8. The highest BCUT2D eigenvalue weighted by Crippen LogP contribution is 2.53. The molecule has 6 heteroatoms. The predicted molar refractivity (Wildman–Crippen MR) is 65.9 cm³/mol. The lowest BCUT2D eigenvalue weighted by Gasteiger charge is -2.41. The topological polar surface area (TPSA) is 33.2 Å². The molecule has 3 heterocycles. The number of halogens is 3. The zero-order valence-corrected chi connectivity index (χ0v) is 10.9. The molecule has 0 N–H and O–H groups in total. The molecule has 0 saturated carbocycles. The SMILES string of the molecule is O=C1CC(c2cccnc2)(C(F)(F)F)C2CCCCN12. The second-order valence-electron chi connectivity index (χ2n) is 5.49. The Labute approximate surface area is 114 Å². The monoisotopic (exact) mass is 284 g/mol. The van der Waals surface area contributed by atoms with Gasteiger partial charge in [0.1, 0.15) is 5.41 Å². The third kappa shape index (κ3) is 1.73. The van der Waals surface area contributed by atoms with E-state index < -0.39 is 30.0 Å². The Hall–Kier alpha value is -1.59. The fourth-order valence-electron chi connectivity index (χ4n) is 3.57. The number of alkyl halides is 3. The molecule has 2 unspecified atom stereocenters. The zero-order chi connectivity index (χ0) is 14.4. The number of hydrogen-bond donors (Lipinski definition) is 0. The van der Waals surface area contributed by atoms with Crippen LogP contribution >= 0.6 is 0 Å². The fourth-order valence-corrected chi connectivity index (χ4v) is 3.57. The minimum absolute atomic E-state index is 0.107. The first-order chi connectivity index (χ1) is 9.47. The van der Waals surface area contributed by atoms with Crippen LogP contribution < -0.4 is 0 Å². The Morgan fingerprint density at radius 2 is 2.15 bits per heavy atom. The lowest BCUT2D eigenvalue weighted by molar-refractivity contribution is -0.199. The number of rotatable bonds is 1. The lowest BCUT2D eigenvalue weighted by atomic mass is 9.71. The summed E-state index contributed by atoms with van der Waals surface area (Å²) in [6.07, 6.45) is -0.340. The summed E-state index contributed by atoms with van der Waals surface area (Å²) in [5.74, 6) is -0.393. The number of pyridine rings is 1. The van der Waals surface area contributed by atoms with Crippen molar-refractivity contribution in [3.05, 3.63) is 30.1 Å². The van der Waals surface area contributed by atoms with Gasteiger partial charge in [-0.05, 0) is 30.9 Å². The summed E-state index contributed by atoms with van der Waals surface area (Å²) >= 11 is 0. The highest BCUT2D eigenvalue weighted by Gasteiger charge is 2.67. The Kier molecular flexibility index (Phi) is 2.99. The van der Waals surface area contributed by atoms with E-state index >= 15 is 0 Å². The van der Waals surface area contributed by atoms with Crippen LogP contribution in [0.15, 0.2) is 24.5 Å². The number of fused-ring (bicyclic) bond motifs is 1. The van der Waals surface area contributed by atoms with Crippen LogP contribution in [0.5, 0.6) is 0 Å². The van der Waals surface area contributed by atoms with Gasteiger partial charge in [-0.1, -0.05) is 6.07 Å². The summed E-state index contributed by atoms with van der Waals surface area (Å²) in [6, 6.07) is 2.15. The van der Waals surface area contributed by atoms with Crippen LogP contribution in [-0.4, -0.2) is 34.6 Å². The Bertz CT molecular complexity index is 517. The first-order valence-corrected chi connectivity index (χ1v) is 6.73. The zero-order valence-electron chi connectivity index (χ0n) is 10.9. The fraction of sp³-hybridized carbons (Fsp3) is 0.571. The molecule has 0 aromatic carbocycles. The molecule has 2 saturated heterocycles. The minimum atomic E-state index is -4.46. The normalized spacial score (nSPS) is 30.4. The number of aromatic nitrogens is 1. The van der Waals surface area contributed by atoms with Gasteiger partial charge in [-0.3, -0.25) is 9.78 Å². The number of nitrogens with zero attached hydrogens (tertiary/aromatic N) is 2. The molecule has 2 aliphatic rings. The van der Waals surface area contributed by atoms with Gasteiger partial charge in [0, 0.05) is 25.4 Å². The van der Waals surface area contributed by atoms with E-state index in [1.165, 1.54) is 29.4 Å². The van der Waals surface area contributed by atoms with E-state index in [4.69, 9.17) is 0 Å². The van der Waals surface area contributed by atoms with Gasteiger partial charge in [-0.2, -0.15) is 13.2 Å². The molecule has 0 spiro atoms. The molecule has 1 aromatic rings. The summed E-state index contributed by atoms with van der Waals surface area (Å²) in [6.45, 7) is 0.432.